The van der Waals surface area contributed by atoms with Crippen molar-refractivity contribution < 1.29 is 22.0 Å². The Balaban J connectivity index is 3.43. The lowest BCUT2D eigenvalue weighted by Gasteiger charge is -2.20. The van der Waals surface area contributed by atoms with E-state index < -0.39 is 23.7 Å². The normalized spacial score (nSPS) is 13.7. The van der Waals surface area contributed by atoms with Crippen molar-refractivity contribution >= 4 is 0 Å². The van der Waals surface area contributed by atoms with Crippen LogP contribution in [0.1, 0.15) is 51.0 Å². The highest BCUT2D eigenvalue weighted by molar-refractivity contribution is 5.21. The fourth-order valence-electron chi connectivity index (χ4n) is 1.58. The first-order chi connectivity index (χ1) is 8.00. The first-order valence-electron chi connectivity index (χ1n) is 5.40. The second-order valence-electron chi connectivity index (χ2n) is 4.59. The maximum Gasteiger partial charge on any atom is 0.459 e. The fraction of sp³-hybridized carbons (Fsp3) is 0.800. The summed E-state index contributed by atoms with van der Waals surface area (Å²) in [5, 5.41) is 6.44. The number of rotatable bonds is 3. The molecular formula is C10H14F5N3. The molecule has 1 aromatic rings. The van der Waals surface area contributed by atoms with Crippen molar-refractivity contribution in [3.63, 3.8) is 0 Å². The van der Waals surface area contributed by atoms with Crippen molar-refractivity contribution in [3.8, 4) is 0 Å². The van der Waals surface area contributed by atoms with Crippen LogP contribution in [0.25, 0.3) is 0 Å². The van der Waals surface area contributed by atoms with Crippen LogP contribution in [-0.2, 0) is 5.92 Å². The molecule has 0 bridgehead atoms. The van der Waals surface area contributed by atoms with Crippen LogP contribution < -0.4 is 0 Å². The van der Waals surface area contributed by atoms with E-state index in [1.807, 2.05) is 0 Å². The zero-order valence-electron chi connectivity index (χ0n) is 10.4. The molecule has 0 radical (unpaired) electrons. The van der Waals surface area contributed by atoms with Crippen molar-refractivity contribution in [1.82, 2.24) is 15.0 Å². The van der Waals surface area contributed by atoms with E-state index >= 15 is 0 Å². The quantitative estimate of drug-likeness (QED) is 0.786. The number of hydrogen-bond donors (Lipinski definition) is 0. The lowest BCUT2D eigenvalue weighted by molar-refractivity contribution is -0.291. The number of alkyl halides is 5. The Morgan fingerprint density at radius 3 is 1.83 bits per heavy atom. The summed E-state index contributed by atoms with van der Waals surface area (Å²) >= 11 is 0. The predicted octanol–water partition coefficient (Wildman–Crippen LogP) is 3.64. The number of aromatic nitrogens is 3. The van der Waals surface area contributed by atoms with Gasteiger partial charge in [0.1, 0.15) is 0 Å². The zero-order chi connectivity index (χ0) is 14.3. The van der Waals surface area contributed by atoms with Gasteiger partial charge < -0.3 is 0 Å². The molecule has 0 saturated heterocycles. The molecule has 0 aromatic carbocycles. The Morgan fingerprint density at radius 1 is 1.00 bits per heavy atom. The van der Waals surface area contributed by atoms with Crippen molar-refractivity contribution in [2.75, 3.05) is 0 Å². The summed E-state index contributed by atoms with van der Waals surface area (Å²) in [6.45, 7) is 6.31. The second kappa shape index (κ2) is 4.47. The highest BCUT2D eigenvalue weighted by Gasteiger charge is 2.62. The predicted molar refractivity (Wildman–Crippen MR) is 54.4 cm³/mol. The number of halogens is 5. The largest absolute Gasteiger partial charge is 0.459 e. The third-order valence-electron chi connectivity index (χ3n) is 2.42. The van der Waals surface area contributed by atoms with Gasteiger partial charge in [-0.25, -0.2) is 4.68 Å². The molecule has 0 unspecified atom stereocenters. The molecule has 0 aliphatic heterocycles. The van der Waals surface area contributed by atoms with Gasteiger partial charge in [0, 0.05) is 6.04 Å². The fourth-order valence-corrected chi connectivity index (χ4v) is 1.58. The van der Waals surface area contributed by atoms with Crippen LogP contribution in [0.4, 0.5) is 22.0 Å². The van der Waals surface area contributed by atoms with Crippen molar-refractivity contribution in [2.45, 2.75) is 51.8 Å². The standard InChI is InChI=1S/C10H14F5N3/c1-5(2)7-8(9(11,12)10(13,14)15)16-17-18(7)6(3)4/h5-6H,1-4H3. The molecule has 0 aliphatic carbocycles. The van der Waals surface area contributed by atoms with Crippen LogP contribution in [0.15, 0.2) is 0 Å². The van der Waals surface area contributed by atoms with Gasteiger partial charge in [-0.05, 0) is 19.8 Å². The van der Waals surface area contributed by atoms with Crippen LogP contribution in [0.5, 0.6) is 0 Å². The van der Waals surface area contributed by atoms with E-state index in [9.17, 15) is 22.0 Å². The first kappa shape index (κ1) is 14.8. The molecule has 1 aromatic heterocycles. The summed E-state index contributed by atoms with van der Waals surface area (Å²) in [4.78, 5) is 0. The molecular weight excluding hydrogens is 257 g/mol. The summed E-state index contributed by atoms with van der Waals surface area (Å²) in [6, 6.07) is -0.340. The summed E-state index contributed by atoms with van der Waals surface area (Å²) < 4.78 is 64.8. The van der Waals surface area contributed by atoms with E-state index in [4.69, 9.17) is 0 Å². The van der Waals surface area contributed by atoms with E-state index in [1.165, 1.54) is 13.8 Å². The average molecular weight is 271 g/mol. The van der Waals surface area contributed by atoms with Crippen molar-refractivity contribution in [3.05, 3.63) is 11.4 Å². The van der Waals surface area contributed by atoms with Gasteiger partial charge in [0.05, 0.1) is 5.69 Å². The number of hydrogen-bond acceptors (Lipinski definition) is 2. The minimum Gasteiger partial charge on any atom is -0.246 e. The molecule has 0 spiro atoms. The third kappa shape index (κ3) is 2.32. The van der Waals surface area contributed by atoms with Gasteiger partial charge in [0.15, 0.2) is 5.69 Å². The Hall–Kier alpha value is -1.21. The molecule has 3 nitrogen and oxygen atoms in total. The molecule has 0 aliphatic rings. The van der Waals surface area contributed by atoms with E-state index in [1.54, 1.807) is 13.8 Å². The van der Waals surface area contributed by atoms with E-state index in [-0.39, 0.29) is 11.7 Å². The van der Waals surface area contributed by atoms with E-state index in [0.29, 0.717) is 0 Å². The first-order valence-corrected chi connectivity index (χ1v) is 5.40. The van der Waals surface area contributed by atoms with Gasteiger partial charge in [0.25, 0.3) is 0 Å². The van der Waals surface area contributed by atoms with Gasteiger partial charge in [-0.2, -0.15) is 22.0 Å². The molecule has 104 valence electrons. The summed E-state index contributed by atoms with van der Waals surface area (Å²) in [5.41, 5.74) is -1.49. The monoisotopic (exact) mass is 271 g/mol. The van der Waals surface area contributed by atoms with Crippen LogP contribution in [0.3, 0.4) is 0 Å². The van der Waals surface area contributed by atoms with Crippen LogP contribution in [0, 0.1) is 0 Å². The highest BCUT2D eigenvalue weighted by atomic mass is 19.4. The molecule has 0 amide bonds. The smallest absolute Gasteiger partial charge is 0.246 e. The molecule has 8 heteroatoms. The Labute approximate surface area is 101 Å². The average Bonchev–Trinajstić information content (AvgIpc) is 2.59. The Morgan fingerprint density at radius 2 is 1.50 bits per heavy atom. The summed E-state index contributed by atoms with van der Waals surface area (Å²) in [7, 11) is 0. The zero-order valence-corrected chi connectivity index (χ0v) is 10.4. The maximum absolute atomic E-state index is 13.3. The lowest BCUT2D eigenvalue weighted by Crippen LogP contribution is -2.35. The Bertz CT molecular complexity index is 420. The highest BCUT2D eigenvalue weighted by Crippen LogP contribution is 2.45. The molecule has 18 heavy (non-hydrogen) atoms. The topological polar surface area (TPSA) is 30.7 Å². The maximum atomic E-state index is 13.3. The molecule has 1 heterocycles. The van der Waals surface area contributed by atoms with Gasteiger partial charge in [-0.1, -0.05) is 19.1 Å². The second-order valence-corrected chi connectivity index (χ2v) is 4.59. The minimum absolute atomic E-state index is 0.188. The van der Waals surface area contributed by atoms with Crippen LogP contribution >= 0.6 is 0 Å². The Kier molecular flexibility index (Phi) is 3.69. The van der Waals surface area contributed by atoms with Crippen molar-refractivity contribution in [2.24, 2.45) is 0 Å². The van der Waals surface area contributed by atoms with Gasteiger partial charge in [0.2, 0.25) is 0 Å². The number of nitrogens with zero attached hydrogens (tertiary/aromatic N) is 3. The summed E-state index contributed by atoms with van der Waals surface area (Å²) in [6.07, 6.45) is -5.67. The molecule has 1 rings (SSSR count). The SMILES string of the molecule is CC(C)c1c(C(F)(F)C(F)(F)F)nnn1C(C)C. The van der Waals surface area contributed by atoms with Gasteiger partial charge >= 0.3 is 12.1 Å². The van der Waals surface area contributed by atoms with E-state index in [2.05, 4.69) is 10.3 Å². The molecule has 0 N–H and O–H groups in total. The van der Waals surface area contributed by atoms with Crippen LogP contribution in [-0.4, -0.2) is 21.2 Å². The molecule has 0 saturated carbocycles. The minimum atomic E-state index is -5.67. The van der Waals surface area contributed by atoms with Gasteiger partial charge in [-0.3, -0.25) is 0 Å². The van der Waals surface area contributed by atoms with Gasteiger partial charge in [-0.15, -0.1) is 5.10 Å². The lowest BCUT2D eigenvalue weighted by atomic mass is 10.0. The molecule has 0 atom stereocenters. The van der Waals surface area contributed by atoms with Crippen molar-refractivity contribution in [1.29, 1.82) is 0 Å². The van der Waals surface area contributed by atoms with E-state index in [0.717, 1.165) is 4.68 Å². The van der Waals surface area contributed by atoms with Crippen LogP contribution in [0.2, 0.25) is 0 Å². The summed E-state index contributed by atoms with van der Waals surface area (Å²) in [5.74, 6) is -5.52. The third-order valence-corrected chi connectivity index (χ3v) is 2.42. The molecule has 0 fully saturated rings.